The summed E-state index contributed by atoms with van der Waals surface area (Å²) in [6, 6.07) is 44.6. The average Bonchev–Trinajstić information content (AvgIpc) is 1.04. The molecule has 0 saturated heterocycles. The maximum absolute atomic E-state index is 13.1. The van der Waals surface area contributed by atoms with Gasteiger partial charge in [0.2, 0.25) is 17.7 Å². The normalized spacial score (nSPS) is 17.8. The highest BCUT2D eigenvalue weighted by Crippen LogP contribution is 2.43. The van der Waals surface area contributed by atoms with Gasteiger partial charge in [-0.15, -0.1) is 0 Å². The molecule has 7 N–H and O–H groups in total. The van der Waals surface area contributed by atoms with Crippen molar-refractivity contribution in [3.8, 4) is 17.2 Å². The number of anilines is 7. The van der Waals surface area contributed by atoms with Crippen LogP contribution in [0, 0.1) is 0 Å². The molecule has 8 aromatic rings. The molecule has 19 nitrogen and oxygen atoms in total. The van der Waals surface area contributed by atoms with Gasteiger partial charge in [0.15, 0.2) is 0 Å². The summed E-state index contributed by atoms with van der Waals surface area (Å²) in [4.78, 5) is 81.3. The SMILES string of the molecule is CC1(CO)Nc2ccc(NC(=O)/C=C3\CCCOc4cc(C(F)(F)F)ccc43)cc2NC1=O.CN1C(=O)N(Cc2ccccc2)Cc2ccc(NC(=O)/C=C3\CCCOc4cc(C(F)(F)F)ccc43)cc21.O=C(/C=C1\CCCOc2cc(C(F)(F)F)ccc21)Nc1ccc2c(c1)NC(=O)N(Cc1ccccc1)C2. The second-order valence-electron chi connectivity index (χ2n) is 26.5. The highest BCUT2D eigenvalue weighted by Gasteiger charge is 2.39. The fraction of sp³-hybridized carbons (Fsp3) is 0.250. The van der Waals surface area contributed by atoms with Crippen LogP contribution < -0.4 is 51.0 Å². The molecule has 0 aromatic heterocycles. The number of halogens is 9. The van der Waals surface area contributed by atoms with Crippen LogP contribution in [0.25, 0.3) is 16.7 Å². The molecular weight excluding hydrogens is 1420 g/mol. The van der Waals surface area contributed by atoms with Crippen LogP contribution in [0.2, 0.25) is 0 Å². The van der Waals surface area contributed by atoms with Crippen molar-refractivity contribution >= 4 is 92.2 Å². The number of aliphatic hydroxyl groups is 1. The molecule has 0 spiro atoms. The molecule has 8 aromatic carbocycles. The second kappa shape index (κ2) is 31.9. The maximum Gasteiger partial charge on any atom is 0.416 e. The molecular formula is C80H72F9N9O10. The molecule has 0 fully saturated rings. The van der Waals surface area contributed by atoms with Crippen molar-refractivity contribution < 1.29 is 87.6 Å². The molecule has 14 rings (SSSR count). The lowest BCUT2D eigenvalue weighted by Gasteiger charge is -2.35. The van der Waals surface area contributed by atoms with Gasteiger partial charge >= 0.3 is 30.6 Å². The van der Waals surface area contributed by atoms with Gasteiger partial charge < -0.3 is 61.0 Å². The van der Waals surface area contributed by atoms with Crippen LogP contribution in [0.4, 0.5) is 88.9 Å². The molecule has 28 heteroatoms. The Hall–Kier alpha value is -12.1. The minimum absolute atomic E-state index is 0.0934. The van der Waals surface area contributed by atoms with E-state index in [4.69, 9.17) is 14.2 Å². The number of amides is 8. The number of hydrogen-bond acceptors (Lipinski definition) is 11. The molecule has 560 valence electrons. The van der Waals surface area contributed by atoms with E-state index in [2.05, 4.69) is 31.9 Å². The minimum Gasteiger partial charge on any atom is -0.493 e. The zero-order chi connectivity index (χ0) is 76.7. The lowest BCUT2D eigenvalue weighted by molar-refractivity contribution is -0.138. The fourth-order valence-corrected chi connectivity index (χ4v) is 12.9. The van der Waals surface area contributed by atoms with E-state index in [0.29, 0.717) is 138 Å². The lowest BCUT2D eigenvalue weighted by atomic mass is 9.98. The molecule has 0 radical (unpaired) electrons. The fourth-order valence-electron chi connectivity index (χ4n) is 12.9. The summed E-state index contributed by atoms with van der Waals surface area (Å²) in [5, 5.41) is 26.3. The van der Waals surface area contributed by atoms with E-state index in [1.807, 2.05) is 72.8 Å². The number of hydrogen-bond donors (Lipinski definition) is 7. The largest absolute Gasteiger partial charge is 0.493 e. The van der Waals surface area contributed by atoms with Crippen molar-refractivity contribution in [3.63, 3.8) is 0 Å². The van der Waals surface area contributed by atoms with E-state index in [-0.39, 0.29) is 55.7 Å². The Morgan fingerprint density at radius 3 is 1.34 bits per heavy atom. The predicted octanol–water partition coefficient (Wildman–Crippen LogP) is 16.9. The number of urea groups is 2. The lowest BCUT2D eigenvalue weighted by Crippen LogP contribution is -2.52. The van der Waals surface area contributed by atoms with E-state index in [1.54, 1.807) is 71.1 Å². The molecule has 6 aliphatic rings. The zero-order valence-electron chi connectivity index (χ0n) is 58.2. The van der Waals surface area contributed by atoms with E-state index < -0.39 is 64.4 Å². The Labute approximate surface area is 614 Å². The van der Waals surface area contributed by atoms with E-state index in [0.717, 1.165) is 58.7 Å². The third-order valence-electron chi connectivity index (χ3n) is 18.5. The van der Waals surface area contributed by atoms with Crippen LogP contribution in [0.1, 0.15) is 101 Å². The van der Waals surface area contributed by atoms with Gasteiger partial charge in [-0.2, -0.15) is 39.5 Å². The Bertz CT molecular complexity index is 4870. The standard InChI is InChI=1S/C29H26F3N3O3.C28H24F3N3O3.C23H22F3N3O4/c1-34-25-16-23(11-9-21(25)18-35(28(34)37)17-19-6-3-2-4-7-19)33-27(36)14-20-8-5-13-38-26-15-22(29(30,31)32)10-12-24(20)26;29-28(30,31)21-9-11-23-19(7-4-12-37-25(23)14-21)13-26(35)32-22-10-8-20-17-34(27(36)33-24(20)15-22)16-18-5-2-1-3-6-18;1-22(12-30)21(32)28-18-11-15(5-7-17(18)29-22)27-20(31)9-13-3-2-8-33-19-10-14(23(24,25)26)4-6-16(13)19/h2-4,6-7,9-12,14-16H,5,8,13,17-18H2,1H3,(H,33,36);1-3,5-6,8-11,13-15H,4,7,12,16-17H2,(H,32,35)(H,33,36);4-7,9-11,29-30H,2-3,8,12H2,1H3,(H,27,31)(H,28,32)/b20-14+;19-13+;13-9+. The van der Waals surface area contributed by atoms with Gasteiger partial charge in [-0.25, -0.2) is 9.59 Å². The van der Waals surface area contributed by atoms with E-state index in [1.165, 1.54) is 36.4 Å². The van der Waals surface area contributed by atoms with Crippen LogP contribution in [0.15, 0.2) is 188 Å². The summed E-state index contributed by atoms with van der Waals surface area (Å²) in [6.07, 6.45) is -6.18. The number of alkyl halides is 9. The molecule has 1 unspecified atom stereocenters. The van der Waals surface area contributed by atoms with Crippen molar-refractivity contribution in [1.29, 1.82) is 0 Å². The molecule has 6 aliphatic heterocycles. The van der Waals surface area contributed by atoms with E-state index >= 15 is 0 Å². The van der Waals surface area contributed by atoms with Crippen LogP contribution in [-0.2, 0) is 63.9 Å². The van der Waals surface area contributed by atoms with Crippen molar-refractivity contribution in [2.24, 2.45) is 0 Å². The highest BCUT2D eigenvalue weighted by molar-refractivity contribution is 6.09. The molecule has 0 bridgehead atoms. The van der Waals surface area contributed by atoms with Crippen LogP contribution in [-0.4, -0.2) is 89.6 Å². The van der Waals surface area contributed by atoms with Crippen LogP contribution in [0.5, 0.6) is 17.2 Å². The number of carbonyl (C=O) groups excluding carboxylic acids is 6. The number of fused-ring (bicyclic) bond motifs is 6. The quantitative estimate of drug-likeness (QED) is 0.0475. The number of rotatable bonds is 11. The number of aliphatic hydroxyl groups excluding tert-OH is 1. The van der Waals surface area contributed by atoms with Crippen molar-refractivity contribution in [2.45, 2.75) is 95.7 Å². The second-order valence-corrected chi connectivity index (χ2v) is 26.5. The number of carbonyl (C=O) groups is 6. The van der Waals surface area contributed by atoms with Crippen molar-refractivity contribution in [1.82, 2.24) is 9.80 Å². The topological polar surface area (TPSA) is 232 Å². The smallest absolute Gasteiger partial charge is 0.416 e. The van der Waals surface area contributed by atoms with Gasteiger partial charge in [0.05, 0.1) is 60.2 Å². The first-order valence-electron chi connectivity index (χ1n) is 34.4. The maximum atomic E-state index is 13.1. The molecule has 8 amide bonds. The first-order chi connectivity index (χ1) is 51.5. The molecule has 1 atom stereocenters. The van der Waals surface area contributed by atoms with Gasteiger partial charge in [-0.05, 0) is 163 Å². The molecule has 0 saturated carbocycles. The highest BCUT2D eigenvalue weighted by atomic mass is 19.4. The molecule has 6 heterocycles. The Kier molecular flexibility index (Phi) is 22.4. The van der Waals surface area contributed by atoms with Gasteiger partial charge in [0.1, 0.15) is 22.8 Å². The monoisotopic (exact) mass is 1490 g/mol. The van der Waals surface area contributed by atoms with Crippen LogP contribution in [0.3, 0.4) is 0 Å². The number of nitrogens with zero attached hydrogens (tertiary/aromatic N) is 3. The average molecular weight is 1490 g/mol. The number of nitrogens with one attached hydrogen (secondary N) is 6. The summed E-state index contributed by atoms with van der Waals surface area (Å²) < 4.78 is 134. The Balaban J connectivity index is 0.000000152. The molecule has 0 aliphatic carbocycles. The minimum atomic E-state index is -4.49. The number of benzene rings is 8. The summed E-state index contributed by atoms with van der Waals surface area (Å²) in [7, 11) is 1.70. The van der Waals surface area contributed by atoms with Gasteiger partial charge in [-0.3, -0.25) is 24.1 Å². The first-order valence-corrected chi connectivity index (χ1v) is 34.4. The van der Waals surface area contributed by atoms with Gasteiger partial charge in [0, 0.05) is 90.9 Å². The van der Waals surface area contributed by atoms with Gasteiger partial charge in [0.25, 0.3) is 5.91 Å². The van der Waals surface area contributed by atoms with Gasteiger partial charge in [-0.1, -0.05) is 91.0 Å². The summed E-state index contributed by atoms with van der Waals surface area (Å²) in [6.45, 7) is 3.81. The summed E-state index contributed by atoms with van der Waals surface area (Å²) in [5.74, 6) is -1.38. The first kappa shape index (κ1) is 75.6. The van der Waals surface area contributed by atoms with Crippen LogP contribution >= 0.6 is 0 Å². The third kappa shape index (κ3) is 18.2. The summed E-state index contributed by atoms with van der Waals surface area (Å²) in [5.41, 5.74) is 7.34. The third-order valence-corrected chi connectivity index (χ3v) is 18.5. The Morgan fingerprint density at radius 2 is 0.898 bits per heavy atom. The van der Waals surface area contributed by atoms with E-state index in [9.17, 15) is 73.4 Å². The summed E-state index contributed by atoms with van der Waals surface area (Å²) >= 11 is 0. The Morgan fingerprint density at radius 1 is 0.491 bits per heavy atom. The molecule has 108 heavy (non-hydrogen) atoms. The number of allylic oxidation sites excluding steroid dienone is 3. The number of ether oxygens (including phenoxy) is 3. The van der Waals surface area contributed by atoms with Crippen molar-refractivity contribution in [3.05, 3.63) is 244 Å². The predicted molar refractivity (Wildman–Crippen MR) is 390 cm³/mol. The zero-order valence-corrected chi connectivity index (χ0v) is 58.2. The van der Waals surface area contributed by atoms with Crippen molar-refractivity contribution in [2.75, 3.05) is 70.3 Å².